The number of fused-ring (bicyclic) bond motifs is 1. The highest BCUT2D eigenvalue weighted by Crippen LogP contribution is 2.40. The minimum atomic E-state index is -1.16. The zero-order chi connectivity index (χ0) is 41.5. The summed E-state index contributed by atoms with van der Waals surface area (Å²) >= 11 is 0. The first-order valence-corrected chi connectivity index (χ1v) is 19.4. The second-order valence-electron chi connectivity index (χ2n) is 15.2. The van der Waals surface area contributed by atoms with Gasteiger partial charge in [-0.3, -0.25) is 29.2 Å². The molecule has 3 aliphatic rings. The van der Waals surface area contributed by atoms with Crippen LogP contribution in [0.4, 0.5) is 28.9 Å². The Morgan fingerprint density at radius 3 is 2.31 bits per heavy atom. The fourth-order valence-corrected chi connectivity index (χ4v) is 8.13. The van der Waals surface area contributed by atoms with E-state index < -0.39 is 41.0 Å². The molecule has 5 aromatic rings. The number of piperazine rings is 1. The Bertz CT molecular complexity index is 2510. The first-order chi connectivity index (χ1) is 28.4. The lowest BCUT2D eigenvalue weighted by atomic mass is 9.90. The van der Waals surface area contributed by atoms with Gasteiger partial charge in [-0.25, -0.2) is 17.6 Å². The van der Waals surface area contributed by atoms with Crippen molar-refractivity contribution in [3.63, 3.8) is 0 Å². The Hall–Kier alpha value is -6.52. The minimum Gasteiger partial charge on any atom is -0.366 e. The van der Waals surface area contributed by atoms with E-state index in [0.717, 1.165) is 0 Å². The van der Waals surface area contributed by atoms with Gasteiger partial charge in [0.05, 0.1) is 35.6 Å². The zero-order valence-corrected chi connectivity index (χ0v) is 32.4. The highest BCUT2D eigenvalue weighted by molar-refractivity contribution is 6.05. The molecular weight excluding hydrogens is 771 g/mol. The van der Waals surface area contributed by atoms with E-state index in [9.17, 15) is 19.2 Å². The molecule has 306 valence electrons. The van der Waals surface area contributed by atoms with Crippen molar-refractivity contribution in [2.24, 2.45) is 0 Å². The van der Waals surface area contributed by atoms with Gasteiger partial charge in [-0.05, 0) is 65.9 Å². The van der Waals surface area contributed by atoms with Crippen molar-refractivity contribution in [3.8, 4) is 11.1 Å². The summed E-state index contributed by atoms with van der Waals surface area (Å²) in [6.07, 6.45) is 6.06. The third-order valence-corrected chi connectivity index (χ3v) is 11.3. The van der Waals surface area contributed by atoms with E-state index in [2.05, 4.69) is 20.6 Å². The lowest BCUT2D eigenvalue weighted by Crippen LogP contribution is -2.47. The van der Waals surface area contributed by atoms with Crippen LogP contribution in [0.3, 0.4) is 0 Å². The van der Waals surface area contributed by atoms with Crippen molar-refractivity contribution in [1.29, 1.82) is 0 Å². The molecule has 2 aromatic heterocycles. The second-order valence-corrected chi connectivity index (χ2v) is 15.2. The van der Waals surface area contributed by atoms with Crippen LogP contribution in [0.15, 0.2) is 60.9 Å². The zero-order valence-electron chi connectivity index (χ0n) is 32.4. The molecule has 59 heavy (non-hydrogen) atoms. The highest BCUT2D eigenvalue weighted by Gasteiger charge is 2.31. The Labute approximate surface area is 336 Å². The molecule has 2 saturated heterocycles. The predicted octanol–water partition coefficient (Wildman–Crippen LogP) is 5.24. The third kappa shape index (κ3) is 7.64. The number of benzene rings is 3. The number of aryl methyl sites for hydroxylation is 1. The van der Waals surface area contributed by atoms with Gasteiger partial charge in [0.25, 0.3) is 5.91 Å². The monoisotopic (exact) mass is 811 g/mol. The van der Waals surface area contributed by atoms with Crippen molar-refractivity contribution in [2.45, 2.75) is 38.1 Å². The minimum absolute atomic E-state index is 0.00531. The van der Waals surface area contributed by atoms with E-state index in [1.54, 1.807) is 51.8 Å². The average Bonchev–Trinajstić information content (AvgIpc) is 3.93. The fraction of sp³-hybridized carbons (Fsp3) is 0.333. The summed E-state index contributed by atoms with van der Waals surface area (Å²) in [6.45, 7) is 1.89. The molecule has 2 fully saturated rings. The van der Waals surface area contributed by atoms with Gasteiger partial charge in [0, 0.05) is 88.9 Å². The Morgan fingerprint density at radius 2 is 1.61 bits per heavy atom. The number of nitrogens with zero attached hydrogens (tertiary/aromatic N) is 7. The van der Waals surface area contributed by atoms with Gasteiger partial charge >= 0.3 is 0 Å². The number of aromatic amines is 1. The predicted molar refractivity (Wildman–Crippen MR) is 211 cm³/mol. The number of nitrogens with one attached hydrogen (secondary N) is 2. The van der Waals surface area contributed by atoms with Gasteiger partial charge in [-0.1, -0.05) is 17.4 Å². The van der Waals surface area contributed by atoms with Gasteiger partial charge in [0.2, 0.25) is 17.7 Å². The molecular formula is C42H41F4N9O4. The van der Waals surface area contributed by atoms with Gasteiger partial charge < -0.3 is 24.6 Å². The quantitative estimate of drug-likeness (QED) is 0.152. The SMILES string of the molecule is CN(C)C(=O)c1cc2c(-c3ccc(N4CCN(c5ccc(C6CCC(=O)NC6=O)cc5F)CC4)c(F)c3F)cc(C3=CCCN(C(=O)CCn4ccnn4)C3)c(F)c2[nH]1. The van der Waals surface area contributed by atoms with Crippen molar-refractivity contribution >= 4 is 51.5 Å². The van der Waals surface area contributed by atoms with E-state index >= 15 is 17.6 Å². The normalized spacial score (nSPS) is 17.4. The van der Waals surface area contributed by atoms with Crippen LogP contribution in [0.5, 0.6) is 0 Å². The number of hydrogen-bond acceptors (Lipinski definition) is 8. The summed E-state index contributed by atoms with van der Waals surface area (Å²) in [7, 11) is 3.09. The number of carbonyl (C=O) groups is 4. The third-order valence-electron chi connectivity index (χ3n) is 11.3. The van der Waals surface area contributed by atoms with Gasteiger partial charge in [0.1, 0.15) is 11.5 Å². The lowest BCUT2D eigenvalue weighted by molar-refractivity contribution is -0.134. The van der Waals surface area contributed by atoms with Crippen LogP contribution < -0.4 is 15.1 Å². The van der Waals surface area contributed by atoms with Gasteiger partial charge in [-0.2, -0.15) is 0 Å². The molecule has 8 rings (SSSR count). The topological polar surface area (TPSA) is 140 Å². The van der Waals surface area contributed by atoms with Crippen LogP contribution in [0.1, 0.15) is 53.2 Å². The smallest absolute Gasteiger partial charge is 0.269 e. The molecule has 0 spiro atoms. The maximum atomic E-state index is 16.5. The number of rotatable bonds is 9. The summed E-state index contributed by atoms with van der Waals surface area (Å²) in [5.41, 5.74) is 1.37. The van der Waals surface area contributed by atoms with Crippen LogP contribution in [0.25, 0.3) is 27.6 Å². The molecule has 1 atom stereocenters. The number of amides is 4. The lowest BCUT2D eigenvalue weighted by Gasteiger charge is -2.37. The largest absolute Gasteiger partial charge is 0.366 e. The van der Waals surface area contributed by atoms with Crippen molar-refractivity contribution in [2.75, 3.05) is 63.2 Å². The Morgan fingerprint density at radius 1 is 0.864 bits per heavy atom. The van der Waals surface area contributed by atoms with Crippen LogP contribution in [0, 0.1) is 23.3 Å². The van der Waals surface area contributed by atoms with Crippen LogP contribution in [-0.2, 0) is 20.9 Å². The Balaban J connectivity index is 1.05. The molecule has 0 radical (unpaired) electrons. The molecule has 1 unspecified atom stereocenters. The van der Waals surface area contributed by atoms with E-state index in [4.69, 9.17) is 0 Å². The molecule has 13 nitrogen and oxygen atoms in total. The van der Waals surface area contributed by atoms with Crippen molar-refractivity contribution in [1.82, 2.24) is 35.1 Å². The molecule has 3 aromatic carbocycles. The molecule has 17 heteroatoms. The summed E-state index contributed by atoms with van der Waals surface area (Å²) in [5.74, 6) is -5.54. The Kier molecular flexibility index (Phi) is 10.7. The van der Waals surface area contributed by atoms with Gasteiger partial charge in [-0.15, -0.1) is 5.10 Å². The molecule has 5 heterocycles. The number of H-pyrrole nitrogens is 1. The number of aromatic nitrogens is 4. The van der Waals surface area contributed by atoms with Crippen LogP contribution >= 0.6 is 0 Å². The number of hydrogen-bond donors (Lipinski definition) is 2. The first-order valence-electron chi connectivity index (χ1n) is 19.4. The number of imide groups is 1. The number of anilines is 2. The summed E-state index contributed by atoms with van der Waals surface area (Å²) in [5, 5.41) is 10.1. The molecule has 0 aliphatic carbocycles. The van der Waals surface area contributed by atoms with Gasteiger partial charge in [0.15, 0.2) is 17.5 Å². The molecule has 3 aliphatic heterocycles. The summed E-state index contributed by atoms with van der Waals surface area (Å²) in [6, 6.07) is 10.3. The standard InChI is InChI=1S/C42H41F4N9O4/c1-51(2)42(59)32-22-30-29(21-28(38(45)40(30)48-32)25-4-3-13-54(23-25)36(57)11-14-55-15-12-47-50-55)27-6-9-34(39(46)37(27)44)53-18-16-52(17-19-53)33-8-5-24(20-31(33)43)26-7-10-35(56)49-41(26)58/h4-6,8-9,12,15,20-22,26,48H,3,7,10-11,13-14,16-19,23H2,1-2H3,(H,49,56,58). The van der Waals surface area contributed by atoms with Crippen molar-refractivity contribution in [3.05, 3.63) is 101 Å². The van der Waals surface area contributed by atoms with E-state index in [1.165, 1.54) is 41.4 Å². The maximum absolute atomic E-state index is 16.5. The van der Waals surface area contributed by atoms with Crippen molar-refractivity contribution < 1.29 is 36.7 Å². The fourth-order valence-electron chi connectivity index (χ4n) is 8.13. The summed E-state index contributed by atoms with van der Waals surface area (Å²) in [4.78, 5) is 59.4. The number of carbonyl (C=O) groups excluding carboxylic acids is 4. The summed E-state index contributed by atoms with van der Waals surface area (Å²) < 4.78 is 66.2. The second kappa shape index (κ2) is 16.0. The first kappa shape index (κ1) is 39.3. The van der Waals surface area contributed by atoms with Crippen LogP contribution in [-0.4, -0.2) is 107 Å². The molecule has 2 N–H and O–H groups in total. The molecule has 0 bridgehead atoms. The number of halogens is 4. The number of piperidine rings is 1. The van der Waals surface area contributed by atoms with E-state index in [-0.39, 0.29) is 83.3 Å². The maximum Gasteiger partial charge on any atom is 0.269 e. The van der Waals surface area contributed by atoms with E-state index in [1.807, 2.05) is 6.08 Å². The highest BCUT2D eigenvalue weighted by atomic mass is 19.2. The van der Waals surface area contributed by atoms with Crippen LogP contribution in [0.2, 0.25) is 0 Å². The molecule has 4 amide bonds. The average molecular weight is 812 g/mol. The molecule has 0 saturated carbocycles. The van der Waals surface area contributed by atoms with E-state index in [0.29, 0.717) is 55.8 Å².